The van der Waals surface area contributed by atoms with E-state index >= 15 is 0 Å². The molecule has 0 fully saturated rings. The van der Waals surface area contributed by atoms with Crippen molar-refractivity contribution in [1.82, 2.24) is 4.98 Å². The van der Waals surface area contributed by atoms with Crippen LogP contribution in [0.1, 0.15) is 23.4 Å². The van der Waals surface area contributed by atoms with Crippen LogP contribution in [0.2, 0.25) is 0 Å². The number of hydrogen-bond donors (Lipinski definition) is 0. The second-order valence-corrected chi connectivity index (χ2v) is 6.67. The minimum atomic E-state index is -1.08. The van der Waals surface area contributed by atoms with Gasteiger partial charge in [-0.2, -0.15) is 0 Å². The topological polar surface area (TPSA) is 71.5 Å². The van der Waals surface area contributed by atoms with E-state index in [1.807, 2.05) is 48.5 Å². The maximum absolute atomic E-state index is 11.0. The fourth-order valence-electron chi connectivity index (χ4n) is 2.63. The van der Waals surface area contributed by atoms with Crippen LogP contribution in [-0.4, -0.2) is 25.2 Å². The maximum atomic E-state index is 11.0. The summed E-state index contributed by atoms with van der Waals surface area (Å²) in [5.74, 6) is 0.176. The highest BCUT2D eigenvalue weighted by Gasteiger charge is 2.11. The molecule has 1 aromatic heterocycles. The monoisotopic (exact) mass is 368 g/mol. The normalized spacial score (nSPS) is 11.5. The number of fused-ring (bicyclic) bond motifs is 1. The average Bonchev–Trinajstić information content (AvgIpc) is 3.08. The fraction of sp³-hybridized carbons (Fsp3) is 0.200. The van der Waals surface area contributed by atoms with Gasteiger partial charge in [0.2, 0.25) is 0 Å². The summed E-state index contributed by atoms with van der Waals surface area (Å²) in [4.78, 5) is 15.6. The highest BCUT2D eigenvalue weighted by atomic mass is 32.1. The number of ether oxygens (including phenoxy) is 2. The quantitative estimate of drug-likeness (QED) is 0.639. The number of carboxylic acids is 1. The molecule has 0 saturated heterocycles. The summed E-state index contributed by atoms with van der Waals surface area (Å²) in [6.07, 6.45) is 2.22. The number of rotatable bonds is 7. The Kier molecular flexibility index (Phi) is 5.53. The first-order valence-corrected chi connectivity index (χ1v) is 8.90. The summed E-state index contributed by atoms with van der Waals surface area (Å²) in [6.45, 7) is 0. The largest absolute Gasteiger partial charge is 0.550 e. The van der Waals surface area contributed by atoms with Crippen molar-refractivity contribution in [3.05, 3.63) is 53.0 Å². The van der Waals surface area contributed by atoms with Gasteiger partial charge in [-0.3, -0.25) is 0 Å². The van der Waals surface area contributed by atoms with Crippen LogP contribution >= 0.6 is 11.3 Å². The number of nitrogens with zero attached hydrogens (tertiary/aromatic N) is 1. The van der Waals surface area contributed by atoms with Crippen molar-refractivity contribution in [2.24, 2.45) is 0 Å². The van der Waals surface area contributed by atoms with Gasteiger partial charge in [0, 0.05) is 5.97 Å². The molecule has 5 nitrogen and oxygen atoms in total. The number of carbonyl (C=O) groups excluding carboxylic acids is 1. The number of benzene rings is 2. The minimum absolute atomic E-state index is 0.0605. The van der Waals surface area contributed by atoms with E-state index in [1.54, 1.807) is 25.6 Å². The molecule has 6 heteroatoms. The van der Waals surface area contributed by atoms with Gasteiger partial charge in [-0.05, 0) is 54.3 Å². The van der Waals surface area contributed by atoms with Gasteiger partial charge in [0.25, 0.3) is 0 Å². The molecule has 1 heterocycles. The zero-order valence-electron chi connectivity index (χ0n) is 14.5. The number of carbonyl (C=O) groups is 1. The van der Waals surface area contributed by atoms with Crippen LogP contribution in [-0.2, 0) is 4.79 Å². The third-order valence-corrected chi connectivity index (χ3v) is 5.03. The lowest BCUT2D eigenvalue weighted by atomic mass is 10.1. The summed E-state index contributed by atoms with van der Waals surface area (Å²) >= 11 is 1.55. The van der Waals surface area contributed by atoms with Crippen molar-refractivity contribution in [3.8, 4) is 11.5 Å². The summed E-state index contributed by atoms with van der Waals surface area (Å²) in [5, 5.41) is 11.8. The van der Waals surface area contributed by atoms with Crippen LogP contribution in [0.3, 0.4) is 0 Å². The van der Waals surface area contributed by atoms with Crippen molar-refractivity contribution >= 4 is 39.2 Å². The predicted molar refractivity (Wildman–Crippen MR) is 101 cm³/mol. The van der Waals surface area contributed by atoms with E-state index in [2.05, 4.69) is 4.98 Å². The standard InChI is InChI=1S/C20H19NO4S/c1-24-16-9-7-13(12-17(16)25-2)11-14(8-10-19(22)23)20-21-15-5-3-4-6-18(15)26-20/h3-7,9,11-12H,8,10H2,1-2H3,(H,22,23)/p-1/b14-11+. The van der Waals surface area contributed by atoms with Gasteiger partial charge in [-0.1, -0.05) is 18.2 Å². The first kappa shape index (κ1) is 17.9. The van der Waals surface area contributed by atoms with E-state index in [0.29, 0.717) is 17.9 Å². The molecular weight excluding hydrogens is 350 g/mol. The molecule has 0 saturated carbocycles. The zero-order valence-corrected chi connectivity index (χ0v) is 15.3. The summed E-state index contributed by atoms with van der Waals surface area (Å²) in [5.41, 5.74) is 2.64. The Morgan fingerprint density at radius 3 is 2.58 bits per heavy atom. The Morgan fingerprint density at radius 1 is 1.12 bits per heavy atom. The highest BCUT2D eigenvalue weighted by molar-refractivity contribution is 7.19. The molecule has 0 aliphatic rings. The number of methoxy groups -OCH3 is 2. The predicted octanol–water partition coefficient (Wildman–Crippen LogP) is 3.38. The van der Waals surface area contributed by atoms with E-state index in [-0.39, 0.29) is 6.42 Å². The van der Waals surface area contributed by atoms with Gasteiger partial charge >= 0.3 is 0 Å². The third-order valence-electron chi connectivity index (χ3n) is 3.92. The number of thiazole rings is 1. The van der Waals surface area contributed by atoms with Gasteiger partial charge in [0.1, 0.15) is 5.01 Å². The number of para-hydroxylation sites is 1. The molecule has 0 N–H and O–H groups in total. The SMILES string of the molecule is COc1ccc(/C=C(\CCC(=O)[O-])c2nc3ccccc3s2)cc1OC. The number of hydrogen-bond acceptors (Lipinski definition) is 6. The second kappa shape index (κ2) is 8.01. The Morgan fingerprint density at radius 2 is 1.88 bits per heavy atom. The molecule has 3 rings (SSSR count). The van der Waals surface area contributed by atoms with Gasteiger partial charge in [-0.15, -0.1) is 11.3 Å². The van der Waals surface area contributed by atoms with Crippen molar-refractivity contribution in [3.63, 3.8) is 0 Å². The molecule has 26 heavy (non-hydrogen) atoms. The maximum Gasteiger partial charge on any atom is 0.161 e. The van der Waals surface area contributed by atoms with Crippen LogP contribution in [0.4, 0.5) is 0 Å². The zero-order chi connectivity index (χ0) is 18.5. The van der Waals surface area contributed by atoms with Gasteiger partial charge in [0.15, 0.2) is 11.5 Å². The molecule has 0 unspecified atom stereocenters. The van der Waals surface area contributed by atoms with E-state index in [1.165, 1.54) is 0 Å². The van der Waals surface area contributed by atoms with Gasteiger partial charge in [-0.25, -0.2) is 4.98 Å². The lowest BCUT2D eigenvalue weighted by Gasteiger charge is -2.09. The number of aliphatic carboxylic acids is 1. The van der Waals surface area contributed by atoms with Crippen molar-refractivity contribution < 1.29 is 19.4 Å². The van der Waals surface area contributed by atoms with E-state index in [4.69, 9.17) is 9.47 Å². The average molecular weight is 368 g/mol. The Labute approximate surface area is 155 Å². The lowest BCUT2D eigenvalue weighted by Crippen LogP contribution is -2.21. The number of allylic oxidation sites excluding steroid dienone is 1. The summed E-state index contributed by atoms with van der Waals surface area (Å²) in [7, 11) is 3.16. The molecule has 0 radical (unpaired) electrons. The van der Waals surface area contributed by atoms with Crippen LogP contribution < -0.4 is 14.6 Å². The fourth-order valence-corrected chi connectivity index (χ4v) is 3.64. The molecule has 3 aromatic rings. The van der Waals surface area contributed by atoms with Gasteiger partial charge in [0.05, 0.1) is 24.4 Å². The summed E-state index contributed by atoms with van der Waals surface area (Å²) in [6, 6.07) is 13.4. The van der Waals surface area contributed by atoms with Crippen LogP contribution in [0.25, 0.3) is 21.9 Å². The molecule has 134 valence electrons. The molecule has 0 spiro atoms. The Balaban J connectivity index is 2.02. The smallest absolute Gasteiger partial charge is 0.161 e. The number of aromatic nitrogens is 1. The molecule has 0 amide bonds. The van der Waals surface area contributed by atoms with Gasteiger partial charge < -0.3 is 19.4 Å². The molecule has 0 atom stereocenters. The first-order valence-electron chi connectivity index (χ1n) is 8.09. The summed E-state index contributed by atoms with van der Waals surface area (Å²) < 4.78 is 11.7. The van der Waals surface area contributed by atoms with Crippen molar-refractivity contribution in [2.45, 2.75) is 12.8 Å². The van der Waals surface area contributed by atoms with Crippen LogP contribution in [0, 0.1) is 0 Å². The van der Waals surface area contributed by atoms with E-state index < -0.39 is 5.97 Å². The molecule has 0 bridgehead atoms. The second-order valence-electron chi connectivity index (χ2n) is 5.64. The van der Waals surface area contributed by atoms with E-state index in [0.717, 1.165) is 26.4 Å². The van der Waals surface area contributed by atoms with Crippen molar-refractivity contribution in [2.75, 3.05) is 14.2 Å². The minimum Gasteiger partial charge on any atom is -0.550 e. The Hall–Kier alpha value is -2.86. The molecule has 0 aliphatic heterocycles. The molecule has 2 aromatic carbocycles. The number of carboxylic acid groups (broad SMARTS) is 1. The highest BCUT2D eigenvalue weighted by Crippen LogP contribution is 2.33. The lowest BCUT2D eigenvalue weighted by molar-refractivity contribution is -0.305. The van der Waals surface area contributed by atoms with Crippen molar-refractivity contribution in [1.29, 1.82) is 0 Å². The van der Waals surface area contributed by atoms with E-state index in [9.17, 15) is 9.90 Å². The molecular formula is C20H18NO4S-. The third kappa shape index (κ3) is 4.03. The van der Waals surface area contributed by atoms with Crippen LogP contribution in [0.15, 0.2) is 42.5 Å². The Bertz CT molecular complexity index is 928. The van der Waals surface area contributed by atoms with Crippen LogP contribution in [0.5, 0.6) is 11.5 Å². The molecule has 0 aliphatic carbocycles. The first-order chi connectivity index (χ1) is 12.6.